The summed E-state index contributed by atoms with van der Waals surface area (Å²) in [5.41, 5.74) is 4.97. The summed E-state index contributed by atoms with van der Waals surface area (Å²) < 4.78 is 4.64. The molecule has 0 atom stereocenters. The zero-order valence-electron chi connectivity index (χ0n) is 6.73. The van der Waals surface area contributed by atoms with Crippen LogP contribution in [0.15, 0.2) is 6.20 Å². The molecule has 1 aromatic rings. The lowest BCUT2D eigenvalue weighted by Crippen LogP contribution is -2.21. The van der Waals surface area contributed by atoms with Crippen LogP contribution < -0.4 is 15.8 Å². The maximum Gasteiger partial charge on any atom is 0.414 e. The maximum atomic E-state index is 10.7. The Morgan fingerprint density at radius 2 is 2.38 bits per heavy atom. The summed E-state index contributed by atoms with van der Waals surface area (Å²) in [6, 6.07) is 0. The summed E-state index contributed by atoms with van der Waals surface area (Å²) in [7, 11) is 1.42. The minimum absolute atomic E-state index is 0.0909. The number of carbonyl (C=O) groups is 2. The number of hydrogen-bond acceptors (Lipinski definition) is 5. The number of aromatic nitrogens is 1. The third-order valence-electron chi connectivity index (χ3n) is 1.11. The molecule has 0 saturated heterocycles. The SMILES string of the molecule is CNC(=O)Oc1ncc(C(N)=O)s1. The van der Waals surface area contributed by atoms with Gasteiger partial charge in [-0.05, 0) is 0 Å². The number of hydrogen-bond donors (Lipinski definition) is 2. The Balaban J connectivity index is 2.69. The highest BCUT2D eigenvalue weighted by Crippen LogP contribution is 2.19. The molecule has 0 aliphatic rings. The average Bonchev–Trinajstić information content (AvgIpc) is 2.52. The Hall–Kier alpha value is -1.63. The predicted molar refractivity (Wildman–Crippen MR) is 45.7 cm³/mol. The van der Waals surface area contributed by atoms with Crippen molar-refractivity contribution in [2.45, 2.75) is 0 Å². The van der Waals surface area contributed by atoms with Crippen molar-refractivity contribution in [2.75, 3.05) is 7.05 Å². The van der Waals surface area contributed by atoms with Crippen LogP contribution in [0, 0.1) is 0 Å². The molecule has 6 nitrogen and oxygen atoms in total. The molecule has 0 bridgehead atoms. The van der Waals surface area contributed by atoms with Gasteiger partial charge in [-0.1, -0.05) is 11.3 Å². The Morgan fingerprint density at radius 1 is 1.69 bits per heavy atom. The van der Waals surface area contributed by atoms with Crippen LogP contribution in [0.25, 0.3) is 0 Å². The molecule has 2 amide bonds. The molecule has 0 aliphatic carbocycles. The average molecular weight is 201 g/mol. The van der Waals surface area contributed by atoms with Crippen LogP contribution in [0.2, 0.25) is 0 Å². The topological polar surface area (TPSA) is 94.3 Å². The lowest BCUT2D eigenvalue weighted by Gasteiger charge is -1.95. The Bertz CT molecular complexity index is 336. The van der Waals surface area contributed by atoms with Crippen molar-refractivity contribution in [3.05, 3.63) is 11.1 Å². The van der Waals surface area contributed by atoms with Crippen LogP contribution in [-0.2, 0) is 0 Å². The molecule has 70 valence electrons. The zero-order valence-corrected chi connectivity index (χ0v) is 7.55. The minimum atomic E-state index is -0.634. The second-order valence-electron chi connectivity index (χ2n) is 1.99. The normalized spacial score (nSPS) is 9.31. The van der Waals surface area contributed by atoms with Gasteiger partial charge >= 0.3 is 6.09 Å². The molecule has 0 unspecified atom stereocenters. The highest BCUT2D eigenvalue weighted by Gasteiger charge is 2.09. The van der Waals surface area contributed by atoms with E-state index < -0.39 is 12.0 Å². The highest BCUT2D eigenvalue weighted by atomic mass is 32.1. The van der Waals surface area contributed by atoms with E-state index in [0.717, 1.165) is 11.3 Å². The van der Waals surface area contributed by atoms with Crippen LogP contribution in [0.4, 0.5) is 4.79 Å². The van der Waals surface area contributed by atoms with Gasteiger partial charge in [0, 0.05) is 7.05 Å². The van der Waals surface area contributed by atoms with Crippen molar-refractivity contribution in [3.8, 4) is 5.19 Å². The van der Waals surface area contributed by atoms with Gasteiger partial charge in [0.1, 0.15) is 4.88 Å². The van der Waals surface area contributed by atoms with E-state index in [0.29, 0.717) is 0 Å². The van der Waals surface area contributed by atoms with E-state index in [9.17, 15) is 9.59 Å². The molecule has 7 heteroatoms. The zero-order chi connectivity index (χ0) is 9.84. The number of amides is 2. The molecular formula is C6H7N3O3S. The van der Waals surface area contributed by atoms with Gasteiger partial charge in [0.2, 0.25) is 0 Å². The molecule has 13 heavy (non-hydrogen) atoms. The summed E-state index contributed by atoms with van der Waals surface area (Å²) in [4.78, 5) is 25.2. The molecule has 0 aliphatic heterocycles. The van der Waals surface area contributed by atoms with Gasteiger partial charge in [-0.3, -0.25) is 4.79 Å². The number of carbonyl (C=O) groups excluding carboxylic acids is 2. The highest BCUT2D eigenvalue weighted by molar-refractivity contribution is 7.15. The third kappa shape index (κ3) is 2.41. The van der Waals surface area contributed by atoms with Gasteiger partial charge in [0.15, 0.2) is 0 Å². The van der Waals surface area contributed by atoms with Crippen molar-refractivity contribution in [1.82, 2.24) is 10.3 Å². The van der Waals surface area contributed by atoms with Gasteiger partial charge < -0.3 is 15.8 Å². The number of thiazole rings is 1. The van der Waals surface area contributed by atoms with Crippen molar-refractivity contribution in [3.63, 3.8) is 0 Å². The molecular weight excluding hydrogens is 194 g/mol. The number of ether oxygens (including phenoxy) is 1. The molecule has 0 saturated carbocycles. The second kappa shape index (κ2) is 3.85. The summed E-state index contributed by atoms with van der Waals surface area (Å²) in [5.74, 6) is -0.593. The smallest absolute Gasteiger partial charge is 0.381 e. The Labute approximate surface area is 77.7 Å². The van der Waals surface area contributed by atoms with E-state index in [4.69, 9.17) is 5.73 Å². The molecule has 0 radical (unpaired) electrons. The first-order valence-corrected chi connectivity index (χ1v) is 4.10. The van der Waals surface area contributed by atoms with E-state index >= 15 is 0 Å². The fourth-order valence-corrected chi connectivity index (χ4v) is 1.17. The van der Waals surface area contributed by atoms with Gasteiger partial charge in [-0.25, -0.2) is 9.78 Å². The quantitative estimate of drug-likeness (QED) is 0.701. The van der Waals surface area contributed by atoms with Gasteiger partial charge in [0.05, 0.1) is 6.20 Å². The number of nitrogens with two attached hydrogens (primary N) is 1. The Morgan fingerprint density at radius 3 is 2.85 bits per heavy atom. The summed E-state index contributed by atoms with van der Waals surface area (Å²) in [5, 5.41) is 2.33. The van der Waals surface area contributed by atoms with E-state index in [1.165, 1.54) is 13.2 Å². The maximum absolute atomic E-state index is 10.7. The molecule has 1 rings (SSSR count). The first kappa shape index (κ1) is 9.46. The summed E-state index contributed by atoms with van der Waals surface area (Å²) in [6.45, 7) is 0. The first-order valence-electron chi connectivity index (χ1n) is 3.28. The van der Waals surface area contributed by atoms with Crippen molar-refractivity contribution in [2.24, 2.45) is 5.73 Å². The third-order valence-corrected chi connectivity index (χ3v) is 2.00. The monoisotopic (exact) mass is 201 g/mol. The Kier molecular flexibility index (Phi) is 2.80. The largest absolute Gasteiger partial charge is 0.414 e. The first-order chi connectivity index (χ1) is 6.13. The van der Waals surface area contributed by atoms with Gasteiger partial charge in [-0.2, -0.15) is 0 Å². The van der Waals surface area contributed by atoms with Gasteiger partial charge in [-0.15, -0.1) is 0 Å². The van der Waals surface area contributed by atoms with Gasteiger partial charge in [0.25, 0.3) is 11.1 Å². The van der Waals surface area contributed by atoms with Crippen LogP contribution >= 0.6 is 11.3 Å². The fourth-order valence-electron chi connectivity index (χ4n) is 0.550. The number of nitrogens with zero attached hydrogens (tertiary/aromatic N) is 1. The van der Waals surface area contributed by atoms with E-state index in [1.807, 2.05) is 0 Å². The van der Waals surface area contributed by atoms with E-state index in [-0.39, 0.29) is 10.1 Å². The number of nitrogens with one attached hydrogen (secondary N) is 1. The molecule has 0 fully saturated rings. The van der Waals surface area contributed by atoms with Crippen LogP contribution in [0.1, 0.15) is 9.67 Å². The van der Waals surface area contributed by atoms with Crippen molar-refractivity contribution >= 4 is 23.3 Å². The molecule has 3 N–H and O–H groups in total. The molecule has 1 aromatic heterocycles. The lowest BCUT2D eigenvalue weighted by molar-refractivity contribution is 0.100. The molecule has 1 heterocycles. The van der Waals surface area contributed by atoms with E-state index in [2.05, 4.69) is 15.0 Å². The fraction of sp³-hybridized carbons (Fsp3) is 0.167. The molecule has 0 spiro atoms. The predicted octanol–water partition coefficient (Wildman–Crippen LogP) is -0.0398. The van der Waals surface area contributed by atoms with Crippen LogP contribution in [0.3, 0.4) is 0 Å². The summed E-state index contributed by atoms with van der Waals surface area (Å²) >= 11 is 0.916. The van der Waals surface area contributed by atoms with Crippen LogP contribution in [-0.4, -0.2) is 24.0 Å². The number of primary amides is 1. The van der Waals surface area contributed by atoms with Crippen molar-refractivity contribution < 1.29 is 14.3 Å². The van der Waals surface area contributed by atoms with Crippen LogP contribution in [0.5, 0.6) is 5.19 Å². The van der Waals surface area contributed by atoms with Crippen molar-refractivity contribution in [1.29, 1.82) is 0 Å². The standard InChI is InChI=1S/C6H7N3O3S/c1-8-5(11)12-6-9-2-3(13-6)4(7)10/h2H,1H3,(H2,7,10)(H,8,11). The molecule has 0 aromatic carbocycles. The van der Waals surface area contributed by atoms with E-state index in [1.54, 1.807) is 0 Å². The second-order valence-corrected chi connectivity index (χ2v) is 2.99. The minimum Gasteiger partial charge on any atom is -0.381 e. The number of rotatable bonds is 2. The summed E-state index contributed by atoms with van der Waals surface area (Å²) in [6.07, 6.45) is 0.621. The lowest BCUT2D eigenvalue weighted by atomic mass is 10.5.